The Morgan fingerprint density at radius 2 is 0.688 bits per heavy atom. The second-order valence-electron chi connectivity index (χ2n) is 23.0. The molecule has 0 aliphatic rings. The molecule has 19 aromatic carbocycles. The van der Waals surface area contributed by atoms with Gasteiger partial charge in [0.15, 0.2) is 0 Å². The average molecular weight is 1280 g/mol. The summed E-state index contributed by atoms with van der Waals surface area (Å²) in [6.07, 6.45) is 0. The van der Waals surface area contributed by atoms with Crippen molar-refractivity contribution in [2.24, 2.45) is 0 Å². The van der Waals surface area contributed by atoms with Crippen LogP contribution in [0.3, 0.4) is 0 Å². The predicted octanol–water partition coefficient (Wildman–Crippen LogP) is 28.0. The summed E-state index contributed by atoms with van der Waals surface area (Å²) in [6, 6.07) is 23.0. The van der Waals surface area contributed by atoms with Crippen LogP contribution in [0, 0.1) is 0 Å². The van der Waals surface area contributed by atoms with Crippen LogP contribution in [0.5, 0.6) is 0 Å². The van der Waals surface area contributed by atoms with E-state index in [0.29, 0.717) is 33.6 Å². The van der Waals surface area contributed by atoms with Gasteiger partial charge in [0.05, 0.1) is 45.2 Å². The van der Waals surface area contributed by atoms with Gasteiger partial charge in [0.25, 0.3) is 0 Å². The van der Waals surface area contributed by atoms with Gasteiger partial charge in [-0.1, -0.05) is 315 Å². The summed E-state index contributed by atoms with van der Waals surface area (Å²) in [4.78, 5) is 0. The van der Waals surface area contributed by atoms with Gasteiger partial charge in [-0.25, -0.2) is 0 Å². The van der Waals surface area contributed by atoms with Crippen LogP contribution in [0.25, 0.3) is 204 Å². The quantitative estimate of drug-likeness (QED) is 0.151. The Labute approximate surface area is 608 Å². The first-order chi connectivity index (χ1) is 61.4. The van der Waals surface area contributed by atoms with Crippen molar-refractivity contribution in [2.45, 2.75) is 0 Å². The van der Waals surface area contributed by atoms with Crippen LogP contribution in [0.4, 0.5) is 0 Å². The molecule has 21 rings (SSSR count). The van der Waals surface area contributed by atoms with Crippen LogP contribution in [-0.4, -0.2) is 0 Å². The Bertz CT molecular complexity index is 8730. The maximum absolute atomic E-state index is 10.0. The van der Waals surface area contributed by atoms with E-state index in [4.69, 9.17) is 27.4 Å². The Morgan fingerprint density at radius 1 is 0.208 bits per heavy atom. The fourth-order valence-corrected chi connectivity index (χ4v) is 16.4. The van der Waals surface area contributed by atoms with Gasteiger partial charge in [0.1, 0.15) is 0 Å². The summed E-state index contributed by atoms with van der Waals surface area (Å²) in [5, 5.41) is 4.27. The van der Waals surface area contributed by atoms with Crippen LogP contribution >= 0.6 is 22.7 Å². The molecule has 0 amide bonds. The van der Waals surface area contributed by atoms with Crippen LogP contribution < -0.4 is 0 Å². The van der Waals surface area contributed by atoms with E-state index in [1.807, 2.05) is 66.7 Å². The molecule has 0 N–H and O–H groups in total. The molecule has 0 saturated carbocycles. The molecule has 96 heavy (non-hydrogen) atoms. The van der Waals surface area contributed by atoms with Crippen LogP contribution in [0.15, 0.2) is 339 Å². The smallest absolute Gasteiger partial charge is 0.0638 e. The largest absolute Gasteiger partial charge is 0.135 e. The molecule has 21 aromatic rings. The molecule has 2 heteroatoms. The molecule has 0 bridgehead atoms. The normalized spacial score (nSPS) is 16.8. The maximum Gasteiger partial charge on any atom is 0.0638 e. The summed E-state index contributed by atoms with van der Waals surface area (Å²) in [6.45, 7) is 0. The van der Waals surface area contributed by atoms with E-state index in [0.717, 1.165) is 38.7 Å². The molecule has 0 fully saturated rings. The molecule has 0 radical (unpaired) electrons. The molecule has 0 atom stereocenters. The third kappa shape index (κ3) is 8.39. The van der Waals surface area contributed by atoms with E-state index in [9.17, 15) is 17.8 Å². The van der Waals surface area contributed by atoms with E-state index in [2.05, 4.69) is 66.7 Å². The zero-order chi connectivity index (χ0) is 91.7. The van der Waals surface area contributed by atoms with Crippen LogP contribution in [0.2, 0.25) is 0 Å². The molecule has 2 aromatic heterocycles. The van der Waals surface area contributed by atoms with Gasteiger partial charge < -0.3 is 0 Å². The van der Waals surface area contributed by atoms with Gasteiger partial charge in [0.2, 0.25) is 0 Å². The lowest BCUT2D eigenvalue weighted by atomic mass is 9.84. The fourth-order valence-electron chi connectivity index (χ4n) is 14.1. The minimum absolute atomic E-state index is 0.113. The van der Waals surface area contributed by atoms with Gasteiger partial charge >= 0.3 is 0 Å². The Kier molecular flexibility index (Phi) is 7.18. The van der Waals surface area contributed by atoms with E-state index in [1.54, 1.807) is 11.3 Å². The topological polar surface area (TPSA) is 0 Å². The molecule has 444 valence electrons. The van der Waals surface area contributed by atoms with E-state index in [1.165, 1.54) is 30.9 Å². The monoisotopic (exact) mass is 1280 g/mol. The number of hydrogen-bond donors (Lipinski definition) is 0. The zero-order valence-corrected chi connectivity index (χ0v) is 51.2. The van der Waals surface area contributed by atoms with Crippen LogP contribution in [0.1, 0.15) is 45.2 Å². The second kappa shape index (κ2) is 21.9. The van der Waals surface area contributed by atoms with Crippen molar-refractivity contribution in [3.05, 3.63) is 339 Å². The number of thiophene rings is 2. The SMILES string of the molecule is [2H]c1c([2H])c([2H])c2c(-c3cccc4ccccc34)c3c([2H])c([2H])c([2H])c([2H])c3c(-c3ccc(-c4cc5sc6ccc7ccccc7c6c5c5ccccc45)cc3)c2c1[2H].[2H]c1cc([2H])c2c(c1[2H])c([2H])c([2H])c1sc3c(-c4c5c([2H])c([2H])c([2H])c([2H])c5c(-c5c([2H])c([2H])c([2H])c6c([2H])c([2H])c([2H])c([2H])c56)c5c([2H])c([2H])c([2H])c([2H])c45)c([2H])c4c([2H])c([2H])c([2H])c([2H])c4c3c12. The Hall–Kier alpha value is -11.8. The highest BCUT2D eigenvalue weighted by Gasteiger charge is 2.24. The first-order valence-corrected chi connectivity index (χ1v) is 32.1. The highest BCUT2D eigenvalue weighted by molar-refractivity contribution is 7.27. The minimum Gasteiger partial charge on any atom is -0.135 e. The zero-order valence-electron chi connectivity index (χ0n) is 82.6. The fraction of sp³-hybridized carbons (Fsp3) is 0. The molecule has 0 saturated heterocycles. The lowest BCUT2D eigenvalue weighted by molar-refractivity contribution is 1.65. The molecule has 0 aliphatic carbocycles. The van der Waals surface area contributed by atoms with Gasteiger partial charge in [-0.15, -0.1) is 22.7 Å². The summed E-state index contributed by atoms with van der Waals surface area (Å²) in [5.74, 6) is 0. The molecule has 0 nitrogen and oxygen atoms in total. The first-order valence-electron chi connectivity index (χ1n) is 46.9. The summed E-state index contributed by atoms with van der Waals surface area (Å²) in [5.41, 5.74) is 1.54. The van der Waals surface area contributed by atoms with Gasteiger partial charge in [-0.2, -0.15) is 0 Å². The lowest BCUT2D eigenvalue weighted by Crippen LogP contribution is -1.92. The summed E-state index contributed by atoms with van der Waals surface area (Å²) < 4.78 is 302. The number of fused-ring (bicyclic) bond motifs is 20. The molecule has 2 heterocycles. The van der Waals surface area contributed by atoms with Crippen molar-refractivity contribution in [1.82, 2.24) is 0 Å². The summed E-state index contributed by atoms with van der Waals surface area (Å²) >= 11 is 2.43. The van der Waals surface area contributed by atoms with E-state index in [-0.39, 0.29) is 82.0 Å². The van der Waals surface area contributed by atoms with E-state index >= 15 is 0 Å². The van der Waals surface area contributed by atoms with Gasteiger partial charge in [-0.05, 0) is 182 Å². The van der Waals surface area contributed by atoms with Crippen LogP contribution in [-0.2, 0) is 0 Å². The van der Waals surface area contributed by atoms with Crippen molar-refractivity contribution in [3.8, 4) is 55.6 Å². The molecule has 0 spiro atoms. The maximum atomic E-state index is 10.0. The van der Waals surface area contributed by atoms with Gasteiger partial charge in [0, 0.05) is 45.9 Å². The highest BCUT2D eigenvalue weighted by atomic mass is 32.1. The number of hydrogen-bond acceptors (Lipinski definition) is 2. The predicted molar refractivity (Wildman–Crippen MR) is 421 cm³/mol. The lowest BCUT2D eigenvalue weighted by Gasteiger charge is -2.19. The third-order valence-electron chi connectivity index (χ3n) is 18.1. The average Bonchev–Trinajstić information content (AvgIpc) is 1.30. The third-order valence-corrected chi connectivity index (χ3v) is 20.3. The highest BCUT2D eigenvalue weighted by Crippen LogP contribution is 2.53. The Balaban J connectivity index is 0.000000164. The molecule has 0 unspecified atom stereocenters. The van der Waals surface area contributed by atoms with Gasteiger partial charge in [-0.3, -0.25) is 0 Å². The molecule has 0 aliphatic heterocycles. The number of benzene rings is 19. The summed E-state index contributed by atoms with van der Waals surface area (Å²) in [7, 11) is 0. The second-order valence-corrected chi connectivity index (χ2v) is 25.1. The first kappa shape index (κ1) is 31.4. The number of rotatable bonds is 5. The van der Waals surface area contributed by atoms with Crippen molar-refractivity contribution < 1.29 is 45.2 Å². The van der Waals surface area contributed by atoms with Crippen molar-refractivity contribution in [1.29, 1.82) is 0 Å². The minimum atomic E-state index is -0.937. The molecular formula is C94H56S2. The Morgan fingerprint density at radius 3 is 1.38 bits per heavy atom. The van der Waals surface area contributed by atoms with Crippen molar-refractivity contribution >= 4 is 171 Å². The van der Waals surface area contributed by atoms with Crippen molar-refractivity contribution in [2.75, 3.05) is 0 Å². The van der Waals surface area contributed by atoms with E-state index < -0.39 is 235 Å². The molecular weight excluding hydrogens is 1190 g/mol. The van der Waals surface area contributed by atoms with Crippen molar-refractivity contribution in [3.63, 3.8) is 0 Å². The standard InChI is InChI=1S/C50H30S.C44H26S/c1-3-15-35-31(12-1)14-11-23-38(35)48-42-21-9-7-19-40(42)47(41-20-8-10-22-43(41)48)34-26-24-33(25-27-34)44-30-46-50(39-18-6-5-17-37(39)44)49-36-16-4-2-13-32(36)28-29-45(49)51-46;1-4-16-30-27(12-1)15-11-23-33(30)40-34-19-7-9-21-36(34)41(37-22-10-8-20-35(37)40)38-26-29-14-3-6-18-32(29)43-42-31-17-5-2-13-28(31)24-25-39(42)45-44(38)43/h1-30H;1-26H/i7D,8D,9D,10D,19D,20D,21D,22D;1D,2D,3D,4D,6D,7D,8D,9D,10D,11D,12D,13D,14D,15D,16D,17D,18D,19D,20D,21D,22D,23D,24D,25D,26D.